The van der Waals surface area contributed by atoms with Crippen molar-refractivity contribution >= 4 is 5.91 Å². The van der Waals surface area contributed by atoms with Crippen LogP contribution in [0, 0.1) is 20.8 Å². The highest BCUT2D eigenvalue weighted by Gasteiger charge is 2.22. The van der Waals surface area contributed by atoms with Crippen LogP contribution >= 0.6 is 0 Å². The second-order valence-electron chi connectivity index (χ2n) is 8.29. The fourth-order valence-corrected chi connectivity index (χ4v) is 4.08. The van der Waals surface area contributed by atoms with Gasteiger partial charge >= 0.3 is 0 Å². The number of nitrogens with zero attached hydrogens (tertiary/aromatic N) is 1. The molecule has 0 aliphatic carbocycles. The predicted molar refractivity (Wildman–Crippen MR) is 118 cm³/mol. The molecule has 1 aliphatic heterocycles. The second-order valence-corrected chi connectivity index (χ2v) is 8.29. The largest absolute Gasteiger partial charge is 0.484 e. The molecule has 0 radical (unpaired) electrons. The molecule has 1 heterocycles. The number of rotatable bonds is 7. The quantitative estimate of drug-likeness (QED) is 0.738. The molecule has 1 fully saturated rings. The molecule has 4 heteroatoms. The Morgan fingerprint density at radius 3 is 2.17 bits per heavy atom. The lowest BCUT2D eigenvalue weighted by atomic mass is 10.0. The van der Waals surface area contributed by atoms with Crippen LogP contribution in [0.5, 0.6) is 5.75 Å². The zero-order valence-electron chi connectivity index (χ0n) is 18.0. The molecule has 156 valence electrons. The summed E-state index contributed by atoms with van der Waals surface area (Å²) >= 11 is 0. The summed E-state index contributed by atoms with van der Waals surface area (Å²) < 4.78 is 5.72. The van der Waals surface area contributed by atoms with Crippen LogP contribution in [0.2, 0.25) is 0 Å². The lowest BCUT2D eigenvalue weighted by Gasteiger charge is -2.31. The zero-order valence-corrected chi connectivity index (χ0v) is 18.0. The topological polar surface area (TPSA) is 41.6 Å². The third-order valence-corrected chi connectivity index (χ3v) is 5.60. The lowest BCUT2D eigenvalue weighted by Crippen LogP contribution is -2.40. The van der Waals surface area contributed by atoms with E-state index in [0.717, 1.165) is 30.0 Å². The van der Waals surface area contributed by atoms with Crippen molar-refractivity contribution in [2.45, 2.75) is 52.5 Å². The minimum atomic E-state index is -0.0731. The van der Waals surface area contributed by atoms with Crippen molar-refractivity contribution in [2.24, 2.45) is 0 Å². The molecule has 0 bridgehead atoms. The van der Waals surface area contributed by atoms with E-state index in [-0.39, 0.29) is 18.6 Å². The molecule has 1 amide bonds. The highest BCUT2D eigenvalue weighted by atomic mass is 16.5. The highest BCUT2D eigenvalue weighted by molar-refractivity contribution is 5.77. The Balaban J connectivity index is 1.60. The van der Waals surface area contributed by atoms with Crippen molar-refractivity contribution < 1.29 is 9.53 Å². The summed E-state index contributed by atoms with van der Waals surface area (Å²) in [5.41, 5.74) is 4.81. The average Bonchev–Trinajstić information content (AvgIpc) is 2.97. The first-order valence-electron chi connectivity index (χ1n) is 10.8. The number of benzene rings is 2. The van der Waals surface area contributed by atoms with Crippen molar-refractivity contribution in [3.63, 3.8) is 0 Å². The summed E-state index contributed by atoms with van der Waals surface area (Å²) in [5.74, 6) is 0.677. The van der Waals surface area contributed by atoms with Gasteiger partial charge in [-0.15, -0.1) is 0 Å². The first kappa shape index (κ1) is 21.4. The number of ether oxygens (including phenoxy) is 1. The number of amides is 1. The fraction of sp³-hybridized carbons (Fsp3) is 0.480. The van der Waals surface area contributed by atoms with Gasteiger partial charge in [0.1, 0.15) is 5.75 Å². The third-order valence-electron chi connectivity index (χ3n) is 5.60. The van der Waals surface area contributed by atoms with Crippen LogP contribution in [0.4, 0.5) is 0 Å². The zero-order chi connectivity index (χ0) is 20.6. The van der Waals surface area contributed by atoms with E-state index in [2.05, 4.69) is 47.5 Å². The molecule has 1 saturated heterocycles. The van der Waals surface area contributed by atoms with Crippen LogP contribution in [0.15, 0.2) is 42.5 Å². The molecule has 29 heavy (non-hydrogen) atoms. The van der Waals surface area contributed by atoms with Gasteiger partial charge in [0.05, 0.1) is 6.04 Å². The van der Waals surface area contributed by atoms with Gasteiger partial charge in [-0.05, 0) is 75.5 Å². The van der Waals surface area contributed by atoms with Gasteiger partial charge < -0.3 is 10.1 Å². The number of aryl methyl sites for hydroxylation is 3. The molecule has 2 aromatic rings. The van der Waals surface area contributed by atoms with E-state index in [1.165, 1.54) is 36.8 Å². The van der Waals surface area contributed by atoms with E-state index in [1.54, 1.807) is 0 Å². The van der Waals surface area contributed by atoms with Crippen LogP contribution in [0.1, 0.15) is 54.0 Å². The Hall–Kier alpha value is -2.33. The van der Waals surface area contributed by atoms with Crippen LogP contribution in [0.25, 0.3) is 0 Å². The summed E-state index contributed by atoms with van der Waals surface area (Å²) in [7, 11) is 0. The Kier molecular flexibility index (Phi) is 7.70. The molecule has 1 N–H and O–H groups in total. The van der Waals surface area contributed by atoms with Crippen molar-refractivity contribution in [1.82, 2.24) is 10.2 Å². The Morgan fingerprint density at radius 1 is 0.931 bits per heavy atom. The molecule has 2 aromatic carbocycles. The normalized spacial score (nSPS) is 16.1. The van der Waals surface area contributed by atoms with Gasteiger partial charge in [-0.2, -0.15) is 0 Å². The number of carbonyl (C=O) groups is 1. The molecule has 1 aliphatic rings. The van der Waals surface area contributed by atoms with E-state index in [1.807, 2.05) is 26.0 Å². The van der Waals surface area contributed by atoms with Crippen molar-refractivity contribution in [3.05, 3.63) is 64.7 Å². The van der Waals surface area contributed by atoms with Gasteiger partial charge in [0.15, 0.2) is 6.61 Å². The van der Waals surface area contributed by atoms with E-state index < -0.39 is 0 Å². The number of hydrogen-bond acceptors (Lipinski definition) is 3. The highest BCUT2D eigenvalue weighted by Crippen LogP contribution is 2.24. The molecular weight excluding hydrogens is 360 g/mol. The summed E-state index contributed by atoms with van der Waals surface area (Å²) in [4.78, 5) is 15.0. The van der Waals surface area contributed by atoms with E-state index in [4.69, 9.17) is 4.74 Å². The first-order chi connectivity index (χ1) is 14.0. The van der Waals surface area contributed by atoms with E-state index >= 15 is 0 Å². The maximum Gasteiger partial charge on any atom is 0.258 e. The summed E-state index contributed by atoms with van der Waals surface area (Å²) in [5, 5.41) is 3.11. The third kappa shape index (κ3) is 6.60. The van der Waals surface area contributed by atoms with Crippen LogP contribution in [0.3, 0.4) is 0 Å². The molecule has 4 nitrogen and oxygen atoms in total. The van der Waals surface area contributed by atoms with Crippen LogP contribution < -0.4 is 10.1 Å². The van der Waals surface area contributed by atoms with E-state index in [9.17, 15) is 4.79 Å². The van der Waals surface area contributed by atoms with E-state index in [0.29, 0.717) is 6.54 Å². The molecule has 0 spiro atoms. The number of likely N-dealkylation sites (tertiary alicyclic amines) is 1. The molecule has 1 atom stereocenters. The maximum absolute atomic E-state index is 12.5. The molecule has 0 unspecified atom stereocenters. The molecule has 0 aromatic heterocycles. The summed E-state index contributed by atoms with van der Waals surface area (Å²) in [6, 6.07) is 14.9. The Morgan fingerprint density at radius 2 is 1.55 bits per heavy atom. The smallest absolute Gasteiger partial charge is 0.258 e. The number of carbonyl (C=O) groups excluding carboxylic acids is 1. The fourth-order valence-electron chi connectivity index (χ4n) is 4.08. The number of hydrogen-bond donors (Lipinski definition) is 1. The Labute approximate surface area is 175 Å². The van der Waals surface area contributed by atoms with Gasteiger partial charge in [-0.25, -0.2) is 0 Å². The van der Waals surface area contributed by atoms with Gasteiger partial charge in [-0.1, -0.05) is 48.7 Å². The molecule has 0 saturated carbocycles. The summed E-state index contributed by atoms with van der Waals surface area (Å²) in [6.07, 6.45) is 5.05. The van der Waals surface area contributed by atoms with Crippen molar-refractivity contribution in [3.8, 4) is 5.75 Å². The maximum atomic E-state index is 12.5. The van der Waals surface area contributed by atoms with Crippen LogP contribution in [-0.4, -0.2) is 37.0 Å². The first-order valence-corrected chi connectivity index (χ1v) is 10.8. The standard InChI is InChI=1S/C25H34N2O2/c1-19-8-10-22(11-9-19)24(27-12-6-4-5-7-13-27)17-26-25(28)18-29-23-15-20(2)14-21(3)16-23/h8-11,14-16,24H,4-7,12-13,17-18H2,1-3H3,(H,26,28)/t24-/m1/s1. The van der Waals surface area contributed by atoms with Crippen molar-refractivity contribution in [1.29, 1.82) is 0 Å². The summed E-state index contributed by atoms with van der Waals surface area (Å²) in [6.45, 7) is 9.01. The Bertz CT molecular complexity index is 773. The lowest BCUT2D eigenvalue weighted by molar-refractivity contribution is -0.123. The minimum absolute atomic E-state index is 0.0451. The predicted octanol–water partition coefficient (Wildman–Crippen LogP) is 4.72. The van der Waals surface area contributed by atoms with Gasteiger partial charge in [0.25, 0.3) is 5.91 Å². The second kappa shape index (κ2) is 10.4. The number of nitrogens with one attached hydrogen (secondary N) is 1. The average molecular weight is 395 g/mol. The minimum Gasteiger partial charge on any atom is -0.484 e. The van der Waals surface area contributed by atoms with Gasteiger partial charge in [0, 0.05) is 6.54 Å². The van der Waals surface area contributed by atoms with Crippen molar-refractivity contribution in [2.75, 3.05) is 26.2 Å². The molecular formula is C25H34N2O2. The molecule has 3 rings (SSSR count). The van der Waals surface area contributed by atoms with Crippen LogP contribution in [-0.2, 0) is 4.79 Å². The SMILES string of the molecule is Cc1ccc([C@@H](CNC(=O)COc2cc(C)cc(C)c2)N2CCCCCC2)cc1. The monoisotopic (exact) mass is 394 g/mol. The van der Waals surface area contributed by atoms with Gasteiger partial charge in [-0.3, -0.25) is 9.69 Å². The van der Waals surface area contributed by atoms with Gasteiger partial charge in [0.2, 0.25) is 0 Å².